The second-order valence-corrected chi connectivity index (χ2v) is 7.41. The minimum absolute atomic E-state index is 0.254. The minimum atomic E-state index is -0.316. The third-order valence-electron chi connectivity index (χ3n) is 5.12. The van der Waals surface area contributed by atoms with Crippen molar-refractivity contribution < 1.29 is 4.39 Å². The molecule has 3 aromatic rings. The molecule has 0 atom stereocenters. The third-order valence-corrected chi connectivity index (χ3v) is 5.12. The van der Waals surface area contributed by atoms with Gasteiger partial charge in [0.1, 0.15) is 5.52 Å². The topological polar surface area (TPSA) is 55.6 Å². The molecule has 1 aromatic carbocycles. The van der Waals surface area contributed by atoms with Gasteiger partial charge in [-0.15, -0.1) is 0 Å². The number of nitrogens with one attached hydrogen (secondary N) is 1. The summed E-state index contributed by atoms with van der Waals surface area (Å²) in [6.45, 7) is 4.19. The van der Waals surface area contributed by atoms with Crippen molar-refractivity contribution in [3.05, 3.63) is 35.9 Å². The maximum absolute atomic E-state index is 14.7. The van der Waals surface area contributed by atoms with Gasteiger partial charge in [0.25, 0.3) is 0 Å². The fraction of sp³-hybridized carbons (Fsp3) is 0.450. The molecule has 1 fully saturated rings. The summed E-state index contributed by atoms with van der Waals surface area (Å²) >= 11 is 0. The number of benzene rings is 1. The van der Waals surface area contributed by atoms with Gasteiger partial charge < -0.3 is 5.32 Å². The lowest BCUT2D eigenvalue weighted by Gasteiger charge is -2.12. The predicted molar refractivity (Wildman–Crippen MR) is 102 cm³/mol. The third kappa shape index (κ3) is 3.04. The number of anilines is 1. The van der Waals surface area contributed by atoms with Crippen LogP contribution in [-0.4, -0.2) is 25.8 Å². The van der Waals surface area contributed by atoms with Crippen LogP contribution < -0.4 is 5.32 Å². The zero-order chi connectivity index (χ0) is 18.3. The van der Waals surface area contributed by atoms with E-state index in [9.17, 15) is 4.39 Å². The van der Waals surface area contributed by atoms with Gasteiger partial charge in [-0.2, -0.15) is 5.10 Å². The van der Waals surface area contributed by atoms with Gasteiger partial charge in [-0.25, -0.2) is 14.4 Å². The van der Waals surface area contributed by atoms with Crippen molar-refractivity contribution in [2.45, 2.75) is 51.5 Å². The number of hydrogen-bond acceptors (Lipinski definition) is 4. The van der Waals surface area contributed by atoms with Gasteiger partial charge in [0.15, 0.2) is 5.82 Å². The van der Waals surface area contributed by atoms with Crippen LogP contribution in [0.5, 0.6) is 0 Å². The first-order valence-electron chi connectivity index (χ1n) is 9.29. The standard InChI is InChI=1S/C20H24FN5/c1-12(2)19-15-10-13(11-16(21)18(15)25-26(19)3)17-8-9-22-20(24-17)23-14-6-4-5-7-14/h8-12,14H,4-7H2,1-3H3,(H,22,23,24). The second-order valence-electron chi connectivity index (χ2n) is 7.41. The molecule has 1 aliphatic rings. The summed E-state index contributed by atoms with van der Waals surface area (Å²) in [4.78, 5) is 8.95. The first kappa shape index (κ1) is 16.9. The molecule has 2 aromatic heterocycles. The summed E-state index contributed by atoms with van der Waals surface area (Å²) in [5.41, 5.74) is 2.92. The smallest absolute Gasteiger partial charge is 0.223 e. The van der Waals surface area contributed by atoms with Gasteiger partial charge in [-0.3, -0.25) is 4.68 Å². The maximum atomic E-state index is 14.7. The monoisotopic (exact) mass is 353 g/mol. The summed E-state index contributed by atoms with van der Waals surface area (Å²) in [6.07, 6.45) is 6.54. The zero-order valence-corrected chi connectivity index (χ0v) is 15.5. The Hall–Kier alpha value is -2.50. The minimum Gasteiger partial charge on any atom is -0.351 e. The predicted octanol–water partition coefficient (Wildman–Crippen LogP) is 4.65. The van der Waals surface area contributed by atoms with Crippen LogP contribution in [0.1, 0.15) is 51.1 Å². The molecule has 0 spiro atoms. The lowest BCUT2D eigenvalue weighted by atomic mass is 10.0. The Balaban J connectivity index is 1.75. The largest absolute Gasteiger partial charge is 0.351 e. The molecule has 5 nitrogen and oxygen atoms in total. The molecule has 0 unspecified atom stereocenters. The summed E-state index contributed by atoms with van der Waals surface area (Å²) in [5.74, 6) is 0.554. The van der Waals surface area contributed by atoms with Crippen molar-refractivity contribution in [1.82, 2.24) is 19.7 Å². The molecule has 0 amide bonds. The zero-order valence-electron chi connectivity index (χ0n) is 15.5. The molecule has 1 saturated carbocycles. The number of aryl methyl sites for hydroxylation is 1. The van der Waals surface area contributed by atoms with Crippen LogP contribution in [0.15, 0.2) is 24.4 Å². The van der Waals surface area contributed by atoms with Crippen molar-refractivity contribution >= 4 is 16.9 Å². The molecule has 1 aliphatic carbocycles. The van der Waals surface area contributed by atoms with Crippen molar-refractivity contribution in [2.24, 2.45) is 7.05 Å². The normalized spacial score (nSPS) is 15.3. The maximum Gasteiger partial charge on any atom is 0.223 e. The van der Waals surface area contributed by atoms with Crippen LogP contribution in [-0.2, 0) is 7.05 Å². The van der Waals surface area contributed by atoms with E-state index in [0.29, 0.717) is 17.5 Å². The number of aromatic nitrogens is 4. The average molecular weight is 353 g/mol. The summed E-state index contributed by atoms with van der Waals surface area (Å²) in [6, 6.07) is 5.77. The highest BCUT2D eigenvalue weighted by atomic mass is 19.1. The van der Waals surface area contributed by atoms with Gasteiger partial charge >= 0.3 is 0 Å². The van der Waals surface area contributed by atoms with E-state index < -0.39 is 0 Å². The van der Waals surface area contributed by atoms with Crippen LogP contribution in [0, 0.1) is 5.82 Å². The molecular formula is C20H24FN5. The lowest BCUT2D eigenvalue weighted by Crippen LogP contribution is -2.16. The number of nitrogens with zero attached hydrogens (tertiary/aromatic N) is 4. The highest BCUT2D eigenvalue weighted by Gasteiger charge is 2.18. The van der Waals surface area contributed by atoms with Crippen molar-refractivity contribution in [1.29, 1.82) is 0 Å². The first-order valence-corrected chi connectivity index (χ1v) is 9.29. The van der Waals surface area contributed by atoms with Crippen molar-refractivity contribution in [3.63, 3.8) is 0 Å². The lowest BCUT2D eigenvalue weighted by molar-refractivity contribution is 0.629. The van der Waals surface area contributed by atoms with Gasteiger partial charge in [-0.1, -0.05) is 26.7 Å². The molecule has 26 heavy (non-hydrogen) atoms. The first-order chi connectivity index (χ1) is 12.5. The van der Waals surface area contributed by atoms with E-state index in [0.717, 1.165) is 35.2 Å². The van der Waals surface area contributed by atoms with Crippen LogP contribution in [0.2, 0.25) is 0 Å². The van der Waals surface area contributed by atoms with E-state index in [1.807, 2.05) is 19.2 Å². The quantitative estimate of drug-likeness (QED) is 0.742. The number of rotatable bonds is 4. The Labute approximate surface area is 152 Å². The van der Waals surface area contributed by atoms with E-state index in [2.05, 4.69) is 34.2 Å². The molecule has 2 heterocycles. The number of fused-ring (bicyclic) bond motifs is 1. The molecular weight excluding hydrogens is 329 g/mol. The van der Waals surface area contributed by atoms with E-state index in [1.54, 1.807) is 10.9 Å². The van der Waals surface area contributed by atoms with Crippen molar-refractivity contribution in [3.8, 4) is 11.3 Å². The van der Waals surface area contributed by atoms with E-state index in [4.69, 9.17) is 0 Å². The van der Waals surface area contributed by atoms with Crippen LogP contribution in [0.4, 0.5) is 10.3 Å². The van der Waals surface area contributed by atoms with E-state index in [-0.39, 0.29) is 11.7 Å². The Morgan fingerprint density at radius 2 is 2.00 bits per heavy atom. The van der Waals surface area contributed by atoms with Crippen LogP contribution in [0.3, 0.4) is 0 Å². The van der Waals surface area contributed by atoms with E-state index >= 15 is 0 Å². The average Bonchev–Trinajstić information content (AvgIpc) is 3.22. The van der Waals surface area contributed by atoms with Crippen molar-refractivity contribution in [2.75, 3.05) is 5.32 Å². The summed E-state index contributed by atoms with van der Waals surface area (Å²) in [5, 5.41) is 8.60. The molecule has 0 aliphatic heterocycles. The fourth-order valence-electron chi connectivity index (χ4n) is 3.95. The summed E-state index contributed by atoms with van der Waals surface area (Å²) in [7, 11) is 1.86. The highest BCUT2D eigenvalue weighted by Crippen LogP contribution is 2.31. The molecule has 0 bridgehead atoms. The number of hydrogen-bond donors (Lipinski definition) is 1. The number of halogens is 1. The summed E-state index contributed by atoms with van der Waals surface area (Å²) < 4.78 is 16.5. The fourth-order valence-corrected chi connectivity index (χ4v) is 3.95. The molecule has 6 heteroatoms. The van der Waals surface area contributed by atoms with Gasteiger partial charge in [-0.05, 0) is 37.0 Å². The van der Waals surface area contributed by atoms with Crippen LogP contribution >= 0.6 is 0 Å². The molecule has 0 radical (unpaired) electrons. The molecule has 136 valence electrons. The SMILES string of the molecule is CC(C)c1c2cc(-c3ccnc(NC4CCCC4)n3)cc(F)c2nn1C. The molecule has 1 N–H and O–H groups in total. The van der Waals surface area contributed by atoms with Gasteiger partial charge in [0.05, 0.1) is 5.69 Å². The molecule has 4 rings (SSSR count). The second kappa shape index (κ2) is 6.67. The van der Waals surface area contributed by atoms with Crippen LogP contribution in [0.25, 0.3) is 22.2 Å². The van der Waals surface area contributed by atoms with Gasteiger partial charge in [0, 0.05) is 35.9 Å². The molecule has 0 saturated heterocycles. The Bertz CT molecular complexity index is 941. The Morgan fingerprint density at radius 3 is 2.73 bits per heavy atom. The van der Waals surface area contributed by atoms with Gasteiger partial charge in [0.2, 0.25) is 5.95 Å². The Morgan fingerprint density at radius 1 is 1.23 bits per heavy atom. The highest BCUT2D eigenvalue weighted by molar-refractivity contribution is 5.87. The van der Waals surface area contributed by atoms with E-state index in [1.165, 1.54) is 18.9 Å². The Kier molecular flexibility index (Phi) is 4.34.